The minimum Gasteiger partial charge on any atom is -0.310 e. The van der Waals surface area contributed by atoms with E-state index in [1.165, 1.54) is 28.3 Å². The standard InChI is InChI=1S/C18H25N/c1-5-12-19-18(13(2)3)17-11-10-14(4)15-8-6-7-9-16(15)17/h6-11,13,18-19H,5,12H2,1-4H3. The van der Waals surface area contributed by atoms with Crippen LogP contribution in [0.4, 0.5) is 0 Å². The maximum atomic E-state index is 3.70. The van der Waals surface area contributed by atoms with Gasteiger partial charge in [-0.15, -0.1) is 0 Å². The number of aryl methyl sites for hydroxylation is 1. The Bertz CT molecular complexity index is 542. The fourth-order valence-corrected chi connectivity index (χ4v) is 2.75. The Morgan fingerprint density at radius 1 is 1.00 bits per heavy atom. The van der Waals surface area contributed by atoms with Crippen LogP contribution in [0, 0.1) is 12.8 Å². The largest absolute Gasteiger partial charge is 0.310 e. The van der Waals surface area contributed by atoms with E-state index in [1.807, 2.05) is 0 Å². The van der Waals surface area contributed by atoms with Crippen LogP contribution in [0.15, 0.2) is 36.4 Å². The lowest BCUT2D eigenvalue weighted by Gasteiger charge is -2.25. The Morgan fingerprint density at radius 3 is 2.32 bits per heavy atom. The Balaban J connectivity index is 2.50. The summed E-state index contributed by atoms with van der Waals surface area (Å²) in [5, 5.41) is 6.47. The number of hydrogen-bond donors (Lipinski definition) is 1. The van der Waals surface area contributed by atoms with Gasteiger partial charge in [0.05, 0.1) is 0 Å². The van der Waals surface area contributed by atoms with Gasteiger partial charge in [-0.05, 0) is 47.7 Å². The lowest BCUT2D eigenvalue weighted by molar-refractivity contribution is 0.415. The summed E-state index contributed by atoms with van der Waals surface area (Å²) in [6, 6.07) is 13.7. The van der Waals surface area contributed by atoms with E-state index in [0.29, 0.717) is 12.0 Å². The second kappa shape index (κ2) is 6.21. The average molecular weight is 255 g/mol. The molecule has 1 unspecified atom stereocenters. The molecule has 2 rings (SSSR count). The molecular formula is C18H25N. The molecule has 0 fully saturated rings. The van der Waals surface area contributed by atoms with Crippen molar-refractivity contribution in [1.82, 2.24) is 5.32 Å². The zero-order valence-electron chi connectivity index (χ0n) is 12.5. The molecule has 0 radical (unpaired) electrons. The fourth-order valence-electron chi connectivity index (χ4n) is 2.75. The van der Waals surface area contributed by atoms with Crippen LogP contribution in [0.25, 0.3) is 10.8 Å². The molecule has 1 N–H and O–H groups in total. The van der Waals surface area contributed by atoms with Crippen LogP contribution >= 0.6 is 0 Å². The van der Waals surface area contributed by atoms with E-state index >= 15 is 0 Å². The predicted molar refractivity (Wildman–Crippen MR) is 84.6 cm³/mol. The van der Waals surface area contributed by atoms with E-state index in [-0.39, 0.29) is 0 Å². The van der Waals surface area contributed by atoms with Crippen LogP contribution in [0.5, 0.6) is 0 Å². The lowest BCUT2D eigenvalue weighted by Crippen LogP contribution is -2.26. The quantitative estimate of drug-likeness (QED) is 0.805. The number of fused-ring (bicyclic) bond motifs is 1. The number of benzene rings is 2. The molecule has 0 aromatic heterocycles. The van der Waals surface area contributed by atoms with Crippen LogP contribution in [0.2, 0.25) is 0 Å². The van der Waals surface area contributed by atoms with Crippen LogP contribution < -0.4 is 5.32 Å². The summed E-state index contributed by atoms with van der Waals surface area (Å²) in [6.07, 6.45) is 1.17. The molecule has 19 heavy (non-hydrogen) atoms. The van der Waals surface area contributed by atoms with E-state index in [4.69, 9.17) is 0 Å². The van der Waals surface area contributed by atoms with Crippen molar-refractivity contribution in [2.24, 2.45) is 5.92 Å². The first-order chi connectivity index (χ1) is 9.15. The lowest BCUT2D eigenvalue weighted by atomic mass is 9.90. The second-order valence-corrected chi connectivity index (χ2v) is 5.69. The molecule has 0 aliphatic rings. The molecule has 1 atom stereocenters. The van der Waals surface area contributed by atoms with Gasteiger partial charge in [0.2, 0.25) is 0 Å². The molecule has 1 heteroatoms. The highest BCUT2D eigenvalue weighted by molar-refractivity contribution is 5.88. The van der Waals surface area contributed by atoms with Crippen LogP contribution in [0.3, 0.4) is 0 Å². The molecular weight excluding hydrogens is 230 g/mol. The van der Waals surface area contributed by atoms with Gasteiger partial charge >= 0.3 is 0 Å². The normalized spacial score (nSPS) is 13.1. The highest BCUT2D eigenvalue weighted by Crippen LogP contribution is 2.30. The van der Waals surface area contributed by atoms with Gasteiger partial charge in [0.1, 0.15) is 0 Å². The van der Waals surface area contributed by atoms with E-state index in [9.17, 15) is 0 Å². The highest BCUT2D eigenvalue weighted by atomic mass is 14.9. The molecule has 0 amide bonds. The first-order valence-electron chi connectivity index (χ1n) is 7.36. The Kier molecular flexibility index (Phi) is 4.60. The Hall–Kier alpha value is -1.34. The summed E-state index contributed by atoms with van der Waals surface area (Å²) in [6.45, 7) is 10.1. The van der Waals surface area contributed by atoms with Crippen molar-refractivity contribution in [1.29, 1.82) is 0 Å². The summed E-state index contributed by atoms with van der Waals surface area (Å²) in [4.78, 5) is 0. The third kappa shape index (κ3) is 2.98. The van der Waals surface area contributed by atoms with Crippen molar-refractivity contribution in [3.63, 3.8) is 0 Å². The van der Waals surface area contributed by atoms with E-state index in [2.05, 4.69) is 69.4 Å². The molecule has 0 heterocycles. The first kappa shape index (κ1) is 14.1. The van der Waals surface area contributed by atoms with Gasteiger partial charge in [-0.25, -0.2) is 0 Å². The van der Waals surface area contributed by atoms with Crippen molar-refractivity contribution in [2.75, 3.05) is 6.54 Å². The van der Waals surface area contributed by atoms with Gasteiger partial charge in [0.15, 0.2) is 0 Å². The fraction of sp³-hybridized carbons (Fsp3) is 0.444. The number of nitrogens with one attached hydrogen (secondary N) is 1. The van der Waals surface area contributed by atoms with Gasteiger partial charge < -0.3 is 5.32 Å². The SMILES string of the molecule is CCCNC(c1ccc(C)c2ccccc12)C(C)C. The van der Waals surface area contributed by atoms with Crippen molar-refractivity contribution < 1.29 is 0 Å². The minimum absolute atomic E-state index is 0.436. The van der Waals surface area contributed by atoms with Crippen LogP contribution in [0.1, 0.15) is 44.4 Å². The smallest absolute Gasteiger partial charge is 0.0349 e. The molecule has 0 spiro atoms. The van der Waals surface area contributed by atoms with Gasteiger partial charge in [-0.2, -0.15) is 0 Å². The molecule has 0 aliphatic heterocycles. The Labute approximate surface area is 117 Å². The molecule has 0 bridgehead atoms. The summed E-state index contributed by atoms with van der Waals surface area (Å²) in [5.41, 5.74) is 2.79. The Morgan fingerprint density at radius 2 is 1.68 bits per heavy atom. The topological polar surface area (TPSA) is 12.0 Å². The molecule has 2 aromatic rings. The average Bonchev–Trinajstić information content (AvgIpc) is 2.41. The number of hydrogen-bond acceptors (Lipinski definition) is 1. The van der Waals surface area contributed by atoms with Crippen molar-refractivity contribution in [3.8, 4) is 0 Å². The van der Waals surface area contributed by atoms with E-state index < -0.39 is 0 Å². The highest BCUT2D eigenvalue weighted by Gasteiger charge is 2.17. The monoisotopic (exact) mass is 255 g/mol. The first-order valence-corrected chi connectivity index (χ1v) is 7.36. The maximum absolute atomic E-state index is 3.70. The second-order valence-electron chi connectivity index (χ2n) is 5.69. The minimum atomic E-state index is 0.436. The molecule has 1 nitrogen and oxygen atoms in total. The molecule has 0 saturated heterocycles. The van der Waals surface area contributed by atoms with Gasteiger partial charge in [0.25, 0.3) is 0 Å². The zero-order valence-corrected chi connectivity index (χ0v) is 12.5. The van der Waals surface area contributed by atoms with E-state index in [1.54, 1.807) is 0 Å². The molecule has 0 aliphatic carbocycles. The molecule has 0 saturated carbocycles. The summed E-state index contributed by atoms with van der Waals surface area (Å²) in [7, 11) is 0. The van der Waals surface area contributed by atoms with E-state index in [0.717, 1.165) is 6.54 Å². The predicted octanol–water partition coefficient (Wildman–Crippen LogP) is 4.84. The summed E-state index contributed by atoms with van der Waals surface area (Å²) in [5.74, 6) is 0.595. The third-order valence-corrected chi connectivity index (χ3v) is 3.79. The third-order valence-electron chi connectivity index (χ3n) is 3.79. The zero-order chi connectivity index (χ0) is 13.8. The van der Waals surface area contributed by atoms with Crippen LogP contribution in [-0.2, 0) is 0 Å². The van der Waals surface area contributed by atoms with Gasteiger partial charge in [-0.1, -0.05) is 57.2 Å². The summed E-state index contributed by atoms with van der Waals surface area (Å²) < 4.78 is 0. The summed E-state index contributed by atoms with van der Waals surface area (Å²) >= 11 is 0. The van der Waals surface area contributed by atoms with Crippen molar-refractivity contribution in [3.05, 3.63) is 47.5 Å². The molecule has 2 aromatic carbocycles. The molecule has 102 valence electrons. The van der Waals surface area contributed by atoms with Crippen molar-refractivity contribution >= 4 is 10.8 Å². The number of rotatable bonds is 5. The van der Waals surface area contributed by atoms with Gasteiger partial charge in [-0.3, -0.25) is 0 Å². The van der Waals surface area contributed by atoms with Crippen LogP contribution in [-0.4, -0.2) is 6.54 Å². The maximum Gasteiger partial charge on any atom is 0.0349 e. The van der Waals surface area contributed by atoms with Gasteiger partial charge in [0, 0.05) is 6.04 Å². The van der Waals surface area contributed by atoms with Crippen molar-refractivity contribution in [2.45, 2.75) is 40.2 Å².